The Bertz CT molecular complexity index is 539. The van der Waals surface area contributed by atoms with E-state index >= 15 is 0 Å². The molecule has 1 atom stereocenters. The number of rotatable bonds is 5. The van der Waals surface area contributed by atoms with Crippen molar-refractivity contribution < 1.29 is 13.2 Å². The number of para-hydroxylation sites is 2. The summed E-state index contributed by atoms with van der Waals surface area (Å²) in [7, 11) is -2.98. The van der Waals surface area contributed by atoms with Crippen LogP contribution in [0.2, 0.25) is 0 Å². The molecular weight excluding hydrogens is 276 g/mol. The van der Waals surface area contributed by atoms with Gasteiger partial charge in [-0.1, -0.05) is 12.1 Å². The van der Waals surface area contributed by atoms with Gasteiger partial charge in [-0.3, -0.25) is 0 Å². The number of morpholine rings is 1. The molecule has 1 aromatic carbocycles. The van der Waals surface area contributed by atoms with Crippen LogP contribution < -0.4 is 10.2 Å². The fourth-order valence-electron chi connectivity index (χ4n) is 2.44. The fourth-order valence-corrected chi connectivity index (χ4v) is 3.43. The highest BCUT2D eigenvalue weighted by atomic mass is 32.2. The number of benzene rings is 1. The van der Waals surface area contributed by atoms with Gasteiger partial charge in [0.2, 0.25) is 0 Å². The van der Waals surface area contributed by atoms with Gasteiger partial charge in [-0.05, 0) is 19.1 Å². The molecule has 0 radical (unpaired) electrons. The summed E-state index contributed by atoms with van der Waals surface area (Å²) in [6, 6.07) is 7.88. The Balaban J connectivity index is 2.11. The van der Waals surface area contributed by atoms with Gasteiger partial charge in [-0.25, -0.2) is 8.42 Å². The molecule has 112 valence electrons. The molecule has 1 aliphatic heterocycles. The maximum absolute atomic E-state index is 11.4. The first kappa shape index (κ1) is 15.1. The van der Waals surface area contributed by atoms with E-state index in [4.69, 9.17) is 4.74 Å². The largest absolute Gasteiger partial charge is 0.380 e. The Labute approximate surface area is 120 Å². The molecule has 0 aliphatic carbocycles. The average Bonchev–Trinajstić information content (AvgIpc) is 2.38. The van der Waals surface area contributed by atoms with Gasteiger partial charge in [0.25, 0.3) is 0 Å². The molecule has 2 rings (SSSR count). The standard InChI is InChI=1S/C14H22N2O3S/c1-12(11-20(2,17)18)15-13-5-3-4-6-14(13)16-7-9-19-10-8-16/h3-6,12,15H,7-11H2,1-2H3. The van der Waals surface area contributed by atoms with Crippen LogP contribution in [0.5, 0.6) is 0 Å². The van der Waals surface area contributed by atoms with Gasteiger partial charge in [0, 0.05) is 25.4 Å². The number of nitrogens with one attached hydrogen (secondary N) is 1. The van der Waals surface area contributed by atoms with Crippen LogP contribution >= 0.6 is 0 Å². The van der Waals surface area contributed by atoms with Crippen molar-refractivity contribution in [1.82, 2.24) is 0 Å². The molecule has 1 unspecified atom stereocenters. The molecule has 0 aromatic heterocycles. The van der Waals surface area contributed by atoms with Crippen LogP contribution in [-0.4, -0.2) is 52.8 Å². The minimum atomic E-state index is -2.98. The van der Waals surface area contributed by atoms with Gasteiger partial charge in [-0.2, -0.15) is 0 Å². The van der Waals surface area contributed by atoms with E-state index in [2.05, 4.69) is 16.3 Å². The van der Waals surface area contributed by atoms with Crippen LogP contribution in [0.4, 0.5) is 11.4 Å². The number of hydrogen-bond acceptors (Lipinski definition) is 5. The molecule has 0 spiro atoms. The predicted molar refractivity (Wildman–Crippen MR) is 82.3 cm³/mol. The highest BCUT2D eigenvalue weighted by molar-refractivity contribution is 7.90. The fraction of sp³-hybridized carbons (Fsp3) is 0.571. The predicted octanol–water partition coefficient (Wildman–Crippen LogP) is 1.37. The van der Waals surface area contributed by atoms with Gasteiger partial charge in [0.05, 0.1) is 30.3 Å². The van der Waals surface area contributed by atoms with Crippen molar-refractivity contribution in [2.45, 2.75) is 13.0 Å². The lowest BCUT2D eigenvalue weighted by molar-refractivity contribution is 0.123. The topological polar surface area (TPSA) is 58.6 Å². The summed E-state index contributed by atoms with van der Waals surface area (Å²) < 4.78 is 28.1. The first-order valence-corrected chi connectivity index (χ1v) is 8.88. The van der Waals surface area contributed by atoms with Crippen molar-refractivity contribution in [2.75, 3.05) is 48.5 Å². The van der Waals surface area contributed by atoms with E-state index in [1.54, 1.807) is 0 Å². The Morgan fingerprint density at radius 1 is 1.30 bits per heavy atom. The van der Waals surface area contributed by atoms with Crippen LogP contribution in [-0.2, 0) is 14.6 Å². The number of nitrogens with zero attached hydrogens (tertiary/aromatic N) is 1. The summed E-state index contributed by atoms with van der Waals surface area (Å²) in [6.45, 7) is 5.07. The van der Waals surface area contributed by atoms with Crippen LogP contribution in [0, 0.1) is 0 Å². The van der Waals surface area contributed by atoms with Crippen molar-refractivity contribution >= 4 is 21.2 Å². The second-order valence-electron chi connectivity index (χ2n) is 5.25. The van der Waals surface area contributed by atoms with Gasteiger partial charge in [0.1, 0.15) is 9.84 Å². The van der Waals surface area contributed by atoms with Crippen molar-refractivity contribution in [3.8, 4) is 0 Å². The number of anilines is 2. The zero-order valence-corrected chi connectivity index (χ0v) is 12.8. The van der Waals surface area contributed by atoms with Crippen LogP contribution in [0.3, 0.4) is 0 Å². The maximum Gasteiger partial charge on any atom is 0.149 e. The molecule has 1 aromatic rings. The molecule has 1 fully saturated rings. The second-order valence-corrected chi connectivity index (χ2v) is 7.44. The van der Waals surface area contributed by atoms with Crippen LogP contribution in [0.1, 0.15) is 6.92 Å². The van der Waals surface area contributed by atoms with E-state index in [-0.39, 0.29) is 11.8 Å². The van der Waals surface area contributed by atoms with E-state index in [0.29, 0.717) is 0 Å². The summed E-state index contributed by atoms with van der Waals surface area (Å²) in [5.74, 6) is 0.129. The lowest BCUT2D eigenvalue weighted by Crippen LogP contribution is -2.37. The number of hydrogen-bond donors (Lipinski definition) is 1. The third kappa shape index (κ3) is 4.38. The van der Waals surface area contributed by atoms with Gasteiger partial charge in [0.15, 0.2) is 0 Å². The number of ether oxygens (including phenoxy) is 1. The van der Waals surface area contributed by atoms with Crippen LogP contribution in [0.25, 0.3) is 0 Å². The Kier molecular flexibility index (Phi) is 4.88. The third-order valence-electron chi connectivity index (χ3n) is 3.21. The summed E-state index contributed by atoms with van der Waals surface area (Å²) >= 11 is 0. The normalized spacial score (nSPS) is 17.8. The monoisotopic (exact) mass is 298 g/mol. The molecule has 1 saturated heterocycles. The lowest BCUT2D eigenvalue weighted by atomic mass is 10.2. The molecule has 0 saturated carbocycles. The lowest BCUT2D eigenvalue weighted by Gasteiger charge is -2.31. The molecule has 1 heterocycles. The summed E-state index contributed by atoms with van der Waals surface area (Å²) in [6.07, 6.45) is 1.26. The minimum Gasteiger partial charge on any atom is -0.380 e. The zero-order valence-electron chi connectivity index (χ0n) is 12.0. The maximum atomic E-state index is 11.4. The van der Waals surface area contributed by atoms with E-state index in [9.17, 15) is 8.42 Å². The van der Waals surface area contributed by atoms with E-state index < -0.39 is 9.84 Å². The molecule has 5 nitrogen and oxygen atoms in total. The molecule has 1 aliphatic rings. The first-order chi connectivity index (χ1) is 9.46. The van der Waals surface area contributed by atoms with E-state index in [1.807, 2.05) is 25.1 Å². The van der Waals surface area contributed by atoms with Crippen molar-refractivity contribution in [3.63, 3.8) is 0 Å². The quantitative estimate of drug-likeness (QED) is 0.889. The van der Waals surface area contributed by atoms with Gasteiger partial charge in [-0.15, -0.1) is 0 Å². The average molecular weight is 298 g/mol. The Morgan fingerprint density at radius 2 is 1.95 bits per heavy atom. The number of sulfone groups is 1. The third-order valence-corrected chi connectivity index (χ3v) is 4.32. The van der Waals surface area contributed by atoms with E-state index in [1.165, 1.54) is 6.26 Å². The van der Waals surface area contributed by atoms with Crippen molar-refractivity contribution in [3.05, 3.63) is 24.3 Å². The SMILES string of the molecule is CC(CS(C)(=O)=O)Nc1ccccc1N1CCOCC1. The van der Waals surface area contributed by atoms with Gasteiger partial charge >= 0.3 is 0 Å². The summed E-state index contributed by atoms with van der Waals surface area (Å²) in [5.41, 5.74) is 2.08. The Morgan fingerprint density at radius 3 is 2.60 bits per heavy atom. The molecule has 6 heteroatoms. The summed E-state index contributed by atoms with van der Waals surface area (Å²) in [5, 5.41) is 3.30. The highest BCUT2D eigenvalue weighted by Crippen LogP contribution is 2.26. The zero-order chi connectivity index (χ0) is 14.6. The second kappa shape index (κ2) is 6.45. The Hall–Kier alpha value is -1.27. The summed E-state index contributed by atoms with van der Waals surface area (Å²) in [4.78, 5) is 2.26. The molecule has 0 bridgehead atoms. The molecular formula is C14H22N2O3S. The van der Waals surface area contributed by atoms with Crippen LogP contribution in [0.15, 0.2) is 24.3 Å². The van der Waals surface area contributed by atoms with E-state index in [0.717, 1.165) is 37.7 Å². The molecule has 1 N–H and O–H groups in total. The van der Waals surface area contributed by atoms with Crippen molar-refractivity contribution in [1.29, 1.82) is 0 Å². The first-order valence-electron chi connectivity index (χ1n) is 6.82. The van der Waals surface area contributed by atoms with Crippen molar-refractivity contribution in [2.24, 2.45) is 0 Å². The molecule has 20 heavy (non-hydrogen) atoms. The highest BCUT2D eigenvalue weighted by Gasteiger charge is 2.16. The smallest absolute Gasteiger partial charge is 0.149 e. The van der Waals surface area contributed by atoms with Gasteiger partial charge < -0.3 is 15.0 Å². The molecule has 0 amide bonds. The minimum absolute atomic E-state index is 0.118.